The van der Waals surface area contributed by atoms with E-state index < -0.39 is 6.10 Å². The second-order valence-electron chi connectivity index (χ2n) is 6.31. The van der Waals surface area contributed by atoms with Gasteiger partial charge in [0.2, 0.25) is 5.91 Å². The van der Waals surface area contributed by atoms with Crippen LogP contribution < -0.4 is 4.90 Å². The number of aliphatic hydroxyl groups excluding tert-OH is 1. The summed E-state index contributed by atoms with van der Waals surface area (Å²) < 4.78 is 5.30. The Balaban J connectivity index is 1.64. The predicted molar refractivity (Wildman–Crippen MR) is 91.0 cm³/mol. The van der Waals surface area contributed by atoms with E-state index in [1.165, 1.54) is 0 Å². The van der Waals surface area contributed by atoms with Gasteiger partial charge in [-0.15, -0.1) is 0 Å². The maximum Gasteiger partial charge on any atom is 0.236 e. The van der Waals surface area contributed by atoms with Crippen molar-refractivity contribution in [2.75, 3.05) is 63.9 Å². The van der Waals surface area contributed by atoms with Crippen LogP contribution in [0.2, 0.25) is 0 Å². The molecular formula is C17H23N5O3. The highest BCUT2D eigenvalue weighted by atomic mass is 16.5. The van der Waals surface area contributed by atoms with E-state index in [9.17, 15) is 15.2 Å². The first-order valence-electron chi connectivity index (χ1n) is 8.53. The Labute approximate surface area is 147 Å². The highest BCUT2D eigenvalue weighted by Crippen LogP contribution is 2.18. The summed E-state index contributed by atoms with van der Waals surface area (Å²) in [6.07, 6.45) is 0.958. The number of hydrogen-bond donors (Lipinski definition) is 1. The third-order valence-corrected chi connectivity index (χ3v) is 4.52. The number of pyridine rings is 1. The van der Waals surface area contributed by atoms with Gasteiger partial charge in [-0.05, 0) is 12.1 Å². The number of aliphatic hydroxyl groups is 1. The first-order chi connectivity index (χ1) is 12.2. The van der Waals surface area contributed by atoms with E-state index in [0.29, 0.717) is 57.3 Å². The number of ether oxygens (including phenoxy) is 1. The second-order valence-corrected chi connectivity index (χ2v) is 6.31. The number of carbonyl (C=O) groups excluding carboxylic acids is 1. The van der Waals surface area contributed by atoms with Crippen LogP contribution >= 0.6 is 0 Å². The predicted octanol–water partition coefficient (Wildman–Crippen LogP) is -0.705. The van der Waals surface area contributed by atoms with Gasteiger partial charge in [0.05, 0.1) is 31.4 Å². The standard InChI is InChI=1S/C17H23N5O3/c18-10-14-2-1-3-19-17(14)22-5-4-21(11-15(23)12-22)16(24)13-20-6-8-25-9-7-20/h1-3,15,23H,4-9,11-13H2/t15-/m1/s1. The molecule has 1 amide bonds. The molecule has 25 heavy (non-hydrogen) atoms. The maximum absolute atomic E-state index is 12.6. The van der Waals surface area contributed by atoms with E-state index in [1.54, 1.807) is 23.2 Å². The van der Waals surface area contributed by atoms with Crippen molar-refractivity contribution in [3.8, 4) is 6.07 Å². The van der Waals surface area contributed by atoms with E-state index in [1.807, 2.05) is 4.90 Å². The number of nitrogens with zero attached hydrogens (tertiary/aromatic N) is 5. The van der Waals surface area contributed by atoms with Crippen LogP contribution in [0, 0.1) is 11.3 Å². The summed E-state index contributed by atoms with van der Waals surface area (Å²) in [6, 6.07) is 5.56. The number of carbonyl (C=O) groups is 1. The number of rotatable bonds is 3. The second kappa shape index (κ2) is 8.25. The molecule has 3 heterocycles. The minimum atomic E-state index is -0.676. The fraction of sp³-hybridized carbons (Fsp3) is 0.588. The van der Waals surface area contributed by atoms with E-state index >= 15 is 0 Å². The summed E-state index contributed by atoms with van der Waals surface area (Å²) in [4.78, 5) is 22.5. The topological polar surface area (TPSA) is 92.9 Å². The largest absolute Gasteiger partial charge is 0.389 e. The molecule has 0 aromatic carbocycles. The Bertz CT molecular complexity index is 641. The van der Waals surface area contributed by atoms with Crippen LogP contribution in [0.1, 0.15) is 5.56 Å². The molecule has 2 aliphatic heterocycles. The molecule has 0 unspecified atom stereocenters. The molecule has 134 valence electrons. The number of morpholine rings is 1. The quantitative estimate of drug-likeness (QED) is 0.774. The third-order valence-electron chi connectivity index (χ3n) is 4.52. The number of anilines is 1. The number of amides is 1. The number of β-amino-alcohol motifs (C(OH)–C–C–N with tert-alkyl or cyclic N) is 1. The van der Waals surface area contributed by atoms with Crippen molar-refractivity contribution in [2.24, 2.45) is 0 Å². The summed E-state index contributed by atoms with van der Waals surface area (Å²) >= 11 is 0. The van der Waals surface area contributed by atoms with E-state index in [0.717, 1.165) is 13.1 Å². The van der Waals surface area contributed by atoms with Gasteiger partial charge in [0.15, 0.2) is 0 Å². The third kappa shape index (κ3) is 4.45. The zero-order chi connectivity index (χ0) is 17.6. The van der Waals surface area contributed by atoms with Gasteiger partial charge in [0.25, 0.3) is 0 Å². The summed E-state index contributed by atoms with van der Waals surface area (Å²) in [7, 11) is 0. The smallest absolute Gasteiger partial charge is 0.236 e. The minimum absolute atomic E-state index is 0.0179. The molecular weight excluding hydrogens is 322 g/mol. The normalized spacial score (nSPS) is 22.3. The molecule has 1 aromatic heterocycles. The lowest BCUT2D eigenvalue weighted by molar-refractivity contribution is -0.134. The Morgan fingerprint density at radius 3 is 2.88 bits per heavy atom. The van der Waals surface area contributed by atoms with E-state index in [2.05, 4.69) is 16.0 Å². The van der Waals surface area contributed by atoms with Gasteiger partial charge >= 0.3 is 0 Å². The van der Waals surface area contributed by atoms with Crippen LogP contribution in [-0.2, 0) is 9.53 Å². The van der Waals surface area contributed by atoms with Crippen LogP contribution in [0.25, 0.3) is 0 Å². The highest BCUT2D eigenvalue weighted by molar-refractivity contribution is 5.78. The highest BCUT2D eigenvalue weighted by Gasteiger charge is 2.27. The Kier molecular flexibility index (Phi) is 5.81. The number of nitriles is 1. The van der Waals surface area contributed by atoms with E-state index in [4.69, 9.17) is 4.74 Å². The molecule has 2 saturated heterocycles. The molecule has 0 saturated carbocycles. The van der Waals surface area contributed by atoms with Gasteiger partial charge in [-0.25, -0.2) is 4.98 Å². The van der Waals surface area contributed by atoms with Crippen molar-refractivity contribution in [2.45, 2.75) is 6.10 Å². The summed E-state index contributed by atoms with van der Waals surface area (Å²) in [5.74, 6) is 0.579. The molecule has 2 fully saturated rings. The molecule has 0 spiro atoms. The lowest BCUT2D eigenvalue weighted by Gasteiger charge is -2.29. The van der Waals surface area contributed by atoms with Crippen LogP contribution in [0.4, 0.5) is 5.82 Å². The van der Waals surface area contributed by atoms with Crippen molar-refractivity contribution in [3.63, 3.8) is 0 Å². The number of hydrogen-bond acceptors (Lipinski definition) is 7. The van der Waals surface area contributed by atoms with Gasteiger partial charge in [-0.2, -0.15) is 5.26 Å². The fourth-order valence-corrected chi connectivity index (χ4v) is 3.20. The lowest BCUT2D eigenvalue weighted by atomic mass is 10.2. The molecule has 0 bridgehead atoms. The molecule has 8 nitrogen and oxygen atoms in total. The average molecular weight is 345 g/mol. The molecule has 3 rings (SSSR count). The van der Waals surface area contributed by atoms with Crippen molar-refractivity contribution >= 4 is 11.7 Å². The average Bonchev–Trinajstić information content (AvgIpc) is 2.84. The van der Waals surface area contributed by atoms with Crippen LogP contribution in [0.5, 0.6) is 0 Å². The SMILES string of the molecule is N#Cc1cccnc1N1CCN(C(=O)CN2CCOCC2)C[C@@H](O)C1. The van der Waals surface area contributed by atoms with Crippen molar-refractivity contribution < 1.29 is 14.6 Å². The molecule has 1 N–H and O–H groups in total. The van der Waals surface area contributed by atoms with Crippen molar-refractivity contribution in [3.05, 3.63) is 23.9 Å². The Morgan fingerprint density at radius 1 is 1.32 bits per heavy atom. The lowest BCUT2D eigenvalue weighted by Crippen LogP contribution is -2.46. The van der Waals surface area contributed by atoms with Gasteiger partial charge in [-0.1, -0.05) is 0 Å². The zero-order valence-electron chi connectivity index (χ0n) is 14.2. The maximum atomic E-state index is 12.6. The Hall–Kier alpha value is -2.21. The van der Waals surface area contributed by atoms with Crippen LogP contribution in [0.3, 0.4) is 0 Å². The Morgan fingerprint density at radius 2 is 2.12 bits per heavy atom. The van der Waals surface area contributed by atoms with E-state index in [-0.39, 0.29) is 5.91 Å². The van der Waals surface area contributed by atoms with Gasteiger partial charge in [0, 0.05) is 45.5 Å². The first kappa shape index (κ1) is 17.6. The zero-order valence-corrected chi connectivity index (χ0v) is 14.2. The molecule has 0 aliphatic carbocycles. The van der Waals surface area contributed by atoms with Crippen molar-refractivity contribution in [1.82, 2.24) is 14.8 Å². The monoisotopic (exact) mass is 345 g/mol. The van der Waals surface area contributed by atoms with Crippen LogP contribution in [0.15, 0.2) is 18.3 Å². The summed E-state index contributed by atoms with van der Waals surface area (Å²) in [5.41, 5.74) is 0.475. The van der Waals surface area contributed by atoms with Crippen molar-refractivity contribution in [1.29, 1.82) is 5.26 Å². The van der Waals surface area contributed by atoms with Crippen LogP contribution in [-0.4, -0.2) is 90.9 Å². The molecule has 1 atom stereocenters. The summed E-state index contributed by atoms with van der Waals surface area (Å²) in [5, 5.41) is 19.6. The van der Waals surface area contributed by atoms with Gasteiger partial charge in [0.1, 0.15) is 11.9 Å². The molecule has 1 aromatic rings. The van der Waals surface area contributed by atoms with Gasteiger partial charge in [-0.3, -0.25) is 9.69 Å². The first-order valence-corrected chi connectivity index (χ1v) is 8.53. The fourth-order valence-electron chi connectivity index (χ4n) is 3.20. The molecule has 2 aliphatic rings. The minimum Gasteiger partial charge on any atom is -0.389 e. The van der Waals surface area contributed by atoms with Gasteiger partial charge < -0.3 is 19.6 Å². The molecule has 8 heteroatoms. The number of aromatic nitrogens is 1. The summed E-state index contributed by atoms with van der Waals surface area (Å²) in [6.45, 7) is 4.87. The molecule has 0 radical (unpaired) electrons.